The second-order valence-electron chi connectivity index (χ2n) is 6.37. The number of sulfonamides is 1. The first-order valence-electron chi connectivity index (χ1n) is 9.06. The Morgan fingerprint density at radius 1 is 1.00 bits per heavy atom. The molecule has 1 saturated heterocycles. The summed E-state index contributed by atoms with van der Waals surface area (Å²) in [6.45, 7) is 0.765. The Labute approximate surface area is 187 Å². The zero-order chi connectivity index (χ0) is 22.6. The number of nitrogens with zero attached hydrogens (tertiary/aromatic N) is 1. The van der Waals surface area contributed by atoms with Crippen LogP contribution in [0.3, 0.4) is 0 Å². The van der Waals surface area contributed by atoms with E-state index >= 15 is 0 Å². The molecule has 1 fully saturated rings. The molecule has 0 spiro atoms. The molecule has 0 saturated carbocycles. The first kappa shape index (κ1) is 23.3. The molecule has 0 unspecified atom stereocenters. The van der Waals surface area contributed by atoms with Gasteiger partial charge in [-0.05, 0) is 29.6 Å². The van der Waals surface area contributed by atoms with E-state index in [9.17, 15) is 22.8 Å². The van der Waals surface area contributed by atoms with Crippen LogP contribution < -0.4 is 5.32 Å². The number of thioether (sulfide) groups is 1. The maximum atomic E-state index is 13.0. The highest BCUT2D eigenvalue weighted by Gasteiger charge is 2.31. The summed E-state index contributed by atoms with van der Waals surface area (Å²) in [4.78, 5) is 36.7. The van der Waals surface area contributed by atoms with E-state index in [0.717, 1.165) is 11.3 Å². The van der Waals surface area contributed by atoms with Gasteiger partial charge < -0.3 is 14.8 Å². The molecule has 0 radical (unpaired) electrons. The fraction of sp³-hybridized carbons (Fsp3) is 0.316. The molecular weight excluding hydrogens is 464 g/mol. The maximum Gasteiger partial charge on any atom is 0.337 e. The average Bonchev–Trinajstić information content (AvgIpc) is 3.29. The lowest BCUT2D eigenvalue weighted by Crippen LogP contribution is -2.38. The van der Waals surface area contributed by atoms with E-state index < -0.39 is 27.9 Å². The summed E-state index contributed by atoms with van der Waals surface area (Å²) in [5.74, 6) is -0.687. The summed E-state index contributed by atoms with van der Waals surface area (Å²) < 4.78 is 36.8. The number of nitrogens with one attached hydrogen (secondary N) is 1. The zero-order valence-electron chi connectivity index (χ0n) is 16.7. The van der Waals surface area contributed by atoms with Crippen LogP contribution in [-0.4, -0.2) is 69.4 Å². The first-order chi connectivity index (χ1) is 14.8. The number of ether oxygens (including phenoxy) is 2. The number of hydrogen-bond donors (Lipinski definition) is 1. The molecular formula is C19H20N2O7S3. The third-order valence-corrected chi connectivity index (χ3v) is 8.38. The lowest BCUT2D eigenvalue weighted by atomic mass is 10.1. The SMILES string of the molecule is COC(=O)c1cc(NC(=O)c2sccc2S(=O)(=O)N2CCSCC2)cc(C(=O)OC)c1. The summed E-state index contributed by atoms with van der Waals surface area (Å²) in [6, 6.07) is 5.35. The molecule has 166 valence electrons. The second kappa shape index (κ2) is 9.81. The molecule has 1 aromatic carbocycles. The number of benzene rings is 1. The molecule has 0 atom stereocenters. The van der Waals surface area contributed by atoms with Crippen LogP contribution in [0.2, 0.25) is 0 Å². The normalized spacial score (nSPS) is 14.6. The van der Waals surface area contributed by atoms with Crippen molar-refractivity contribution in [2.24, 2.45) is 0 Å². The van der Waals surface area contributed by atoms with E-state index in [1.165, 1.54) is 48.2 Å². The lowest BCUT2D eigenvalue weighted by Gasteiger charge is -2.25. The van der Waals surface area contributed by atoms with Crippen molar-refractivity contribution in [3.8, 4) is 0 Å². The standard InChI is InChI=1S/C19H20N2O7S3/c1-27-18(23)12-9-13(19(24)28-2)11-14(10-12)20-17(22)16-15(3-6-30-16)31(25,26)21-4-7-29-8-5-21/h3,6,9-11H,4-5,7-8H2,1-2H3,(H,20,22). The quantitative estimate of drug-likeness (QED) is 0.621. The average molecular weight is 485 g/mol. The van der Waals surface area contributed by atoms with Gasteiger partial charge in [0, 0.05) is 30.3 Å². The topological polar surface area (TPSA) is 119 Å². The van der Waals surface area contributed by atoms with Crippen molar-refractivity contribution < 1.29 is 32.3 Å². The highest BCUT2D eigenvalue weighted by atomic mass is 32.2. The van der Waals surface area contributed by atoms with Crippen molar-refractivity contribution in [3.63, 3.8) is 0 Å². The third kappa shape index (κ3) is 5.09. The van der Waals surface area contributed by atoms with Crippen molar-refractivity contribution >= 4 is 56.7 Å². The number of thiophene rings is 1. The van der Waals surface area contributed by atoms with Gasteiger partial charge in [0.1, 0.15) is 9.77 Å². The van der Waals surface area contributed by atoms with Gasteiger partial charge in [-0.25, -0.2) is 18.0 Å². The molecule has 9 nitrogen and oxygen atoms in total. The van der Waals surface area contributed by atoms with E-state index in [1.54, 1.807) is 11.8 Å². The minimum atomic E-state index is -3.82. The summed E-state index contributed by atoms with van der Waals surface area (Å²) in [5, 5.41) is 4.10. The van der Waals surface area contributed by atoms with E-state index in [0.29, 0.717) is 24.6 Å². The zero-order valence-corrected chi connectivity index (χ0v) is 19.2. The van der Waals surface area contributed by atoms with Gasteiger partial charge in [0.25, 0.3) is 5.91 Å². The fourth-order valence-corrected chi connectivity index (χ4v) is 6.82. The highest BCUT2D eigenvalue weighted by molar-refractivity contribution is 7.99. The lowest BCUT2D eigenvalue weighted by molar-refractivity contribution is 0.0599. The van der Waals surface area contributed by atoms with E-state index in [2.05, 4.69) is 14.8 Å². The van der Waals surface area contributed by atoms with Crippen LogP contribution in [0.15, 0.2) is 34.5 Å². The number of hydrogen-bond acceptors (Lipinski definition) is 9. The molecule has 1 aromatic heterocycles. The molecule has 0 bridgehead atoms. The van der Waals surface area contributed by atoms with Gasteiger partial charge >= 0.3 is 11.9 Å². The molecule has 1 aliphatic heterocycles. The third-order valence-electron chi connectivity index (χ3n) is 4.46. The monoisotopic (exact) mass is 484 g/mol. The fourth-order valence-electron chi connectivity index (χ4n) is 2.95. The Kier molecular flexibility index (Phi) is 7.36. The van der Waals surface area contributed by atoms with Crippen LogP contribution in [0.1, 0.15) is 30.4 Å². The van der Waals surface area contributed by atoms with Gasteiger partial charge in [0.2, 0.25) is 10.0 Å². The first-order valence-corrected chi connectivity index (χ1v) is 12.5. The minimum Gasteiger partial charge on any atom is -0.465 e. The predicted molar refractivity (Wildman–Crippen MR) is 117 cm³/mol. The molecule has 31 heavy (non-hydrogen) atoms. The Bertz CT molecular complexity index is 1070. The number of esters is 2. The van der Waals surface area contributed by atoms with E-state index in [4.69, 9.17) is 0 Å². The summed E-state index contributed by atoms with van der Waals surface area (Å²) in [7, 11) is -1.44. The van der Waals surface area contributed by atoms with Gasteiger partial charge in [-0.1, -0.05) is 0 Å². The van der Waals surface area contributed by atoms with Gasteiger partial charge in [-0.3, -0.25) is 4.79 Å². The number of amides is 1. The van der Waals surface area contributed by atoms with Crippen molar-refractivity contribution in [1.29, 1.82) is 0 Å². The Hall–Kier alpha value is -2.41. The molecule has 1 amide bonds. The summed E-state index contributed by atoms with van der Waals surface area (Å²) in [5.41, 5.74) is 0.190. The molecule has 0 aliphatic carbocycles. The highest BCUT2D eigenvalue weighted by Crippen LogP contribution is 2.28. The van der Waals surface area contributed by atoms with Gasteiger partial charge in [0.15, 0.2) is 0 Å². The van der Waals surface area contributed by atoms with Gasteiger partial charge in [-0.15, -0.1) is 11.3 Å². The maximum absolute atomic E-state index is 13.0. The van der Waals surface area contributed by atoms with Crippen LogP contribution in [-0.2, 0) is 19.5 Å². The van der Waals surface area contributed by atoms with Crippen molar-refractivity contribution in [2.45, 2.75) is 4.90 Å². The van der Waals surface area contributed by atoms with Crippen LogP contribution in [0.25, 0.3) is 0 Å². The minimum absolute atomic E-state index is 0.0151. The largest absolute Gasteiger partial charge is 0.465 e. The molecule has 1 aliphatic rings. The summed E-state index contributed by atoms with van der Waals surface area (Å²) in [6.07, 6.45) is 0. The Morgan fingerprint density at radius 2 is 1.58 bits per heavy atom. The number of anilines is 1. The van der Waals surface area contributed by atoms with Gasteiger partial charge in [-0.2, -0.15) is 16.1 Å². The number of methoxy groups -OCH3 is 2. The van der Waals surface area contributed by atoms with Crippen LogP contribution >= 0.6 is 23.1 Å². The number of carbonyl (C=O) groups is 3. The summed E-state index contributed by atoms with van der Waals surface area (Å²) >= 11 is 2.67. The van der Waals surface area contributed by atoms with Crippen LogP contribution in [0.4, 0.5) is 5.69 Å². The Balaban J connectivity index is 1.91. The van der Waals surface area contributed by atoms with Gasteiger partial charge in [0.05, 0.1) is 25.3 Å². The Morgan fingerprint density at radius 3 is 2.13 bits per heavy atom. The smallest absolute Gasteiger partial charge is 0.337 e. The van der Waals surface area contributed by atoms with Crippen molar-refractivity contribution in [1.82, 2.24) is 4.31 Å². The molecule has 2 heterocycles. The number of carbonyl (C=O) groups excluding carboxylic acids is 3. The van der Waals surface area contributed by atoms with Crippen LogP contribution in [0, 0.1) is 0 Å². The molecule has 2 aromatic rings. The predicted octanol–water partition coefficient (Wildman–Crippen LogP) is 2.31. The van der Waals surface area contributed by atoms with Crippen molar-refractivity contribution in [3.05, 3.63) is 45.6 Å². The number of rotatable bonds is 6. The van der Waals surface area contributed by atoms with Crippen molar-refractivity contribution in [2.75, 3.05) is 44.1 Å². The molecule has 1 N–H and O–H groups in total. The van der Waals surface area contributed by atoms with E-state index in [-0.39, 0.29) is 26.6 Å². The molecule has 12 heteroatoms. The van der Waals surface area contributed by atoms with E-state index in [1.807, 2.05) is 0 Å². The van der Waals surface area contributed by atoms with Crippen LogP contribution in [0.5, 0.6) is 0 Å². The second-order valence-corrected chi connectivity index (χ2v) is 10.4. The molecule has 3 rings (SSSR count).